The molecule has 1 heterocycles. The molecule has 0 fully saturated rings. The van der Waals surface area contributed by atoms with Crippen molar-refractivity contribution in [1.82, 2.24) is 4.31 Å². The average molecular weight is 430 g/mol. The maximum absolute atomic E-state index is 12.7. The predicted molar refractivity (Wildman–Crippen MR) is 87.6 cm³/mol. The molecule has 0 unspecified atom stereocenters. The van der Waals surface area contributed by atoms with Gasteiger partial charge < -0.3 is 15.0 Å². The molecule has 1 atom stereocenters. The van der Waals surface area contributed by atoms with E-state index in [1.165, 1.54) is 0 Å². The number of nitrogens with zero attached hydrogens (tertiary/aromatic N) is 3. The number of halogens is 1. The van der Waals surface area contributed by atoms with Gasteiger partial charge in [-0.15, -0.1) is 9.81 Å². The van der Waals surface area contributed by atoms with Crippen LogP contribution in [0, 0.1) is 9.81 Å². The van der Waals surface area contributed by atoms with Crippen LogP contribution in [0.15, 0.2) is 32.6 Å². The maximum Gasteiger partial charge on any atom is 0.246 e. The summed E-state index contributed by atoms with van der Waals surface area (Å²) in [6.07, 6.45) is -1.23. The normalized spacial score (nSPS) is 17.5. The second kappa shape index (κ2) is 7.67. The van der Waals surface area contributed by atoms with Crippen molar-refractivity contribution in [3.05, 3.63) is 27.0 Å². The highest BCUT2D eigenvalue weighted by Gasteiger charge is 2.35. The zero-order valence-electron chi connectivity index (χ0n) is 12.7. The van der Waals surface area contributed by atoms with E-state index in [2.05, 4.69) is 25.7 Å². The summed E-state index contributed by atoms with van der Waals surface area (Å²) in [5.41, 5.74) is 0.0652. The first-order valence-electron chi connectivity index (χ1n) is 6.64. The van der Waals surface area contributed by atoms with Gasteiger partial charge in [-0.2, -0.15) is 4.31 Å². The van der Waals surface area contributed by atoms with Crippen molar-refractivity contribution in [2.24, 2.45) is 15.8 Å². The third-order valence-corrected chi connectivity index (χ3v) is 6.54. The number of primary sulfonamides is 1. The smallest absolute Gasteiger partial charge is 0.246 e. The highest BCUT2D eigenvalue weighted by Crippen LogP contribution is 2.35. The summed E-state index contributed by atoms with van der Waals surface area (Å²) < 4.78 is 49.4. The third kappa shape index (κ3) is 4.18. The Morgan fingerprint density at radius 3 is 2.62 bits per heavy atom. The number of anilines is 1. The van der Waals surface area contributed by atoms with Gasteiger partial charge in [0.1, 0.15) is 9.79 Å². The first kappa shape index (κ1) is 20.2. The van der Waals surface area contributed by atoms with E-state index in [4.69, 9.17) is 16.7 Å². The molecule has 3 N–H and O–H groups in total. The molecule has 1 aliphatic rings. The van der Waals surface area contributed by atoms with Crippen LogP contribution < -0.4 is 10.5 Å². The standard InChI is InChI=1S/C10H12ClN5O8S2/c11-7-1-8-10(2-9(7)25(12,19)20)26(21,22)16(5-13-8)3-6(24-15-18)4-23-14-17/h1-2,6,13H,3-5H2,(H2,12,19,20)/t6-/m0/s1. The minimum Gasteiger partial charge on any atom is -0.370 e. The van der Waals surface area contributed by atoms with Crippen LogP contribution in [0.4, 0.5) is 5.69 Å². The second-order valence-corrected chi connectivity index (χ2v) is 8.81. The number of hydrogen-bond donors (Lipinski definition) is 2. The summed E-state index contributed by atoms with van der Waals surface area (Å²) in [7, 11) is -8.49. The first-order chi connectivity index (χ1) is 12.1. The van der Waals surface area contributed by atoms with E-state index < -0.39 is 49.1 Å². The Hall–Kier alpha value is -2.07. The second-order valence-electron chi connectivity index (χ2n) is 4.97. The quantitative estimate of drug-likeness (QED) is 0.427. The van der Waals surface area contributed by atoms with Gasteiger partial charge in [0.15, 0.2) is 23.4 Å². The van der Waals surface area contributed by atoms with Gasteiger partial charge in [0.25, 0.3) is 0 Å². The number of rotatable bonds is 8. The van der Waals surface area contributed by atoms with Crippen molar-refractivity contribution >= 4 is 37.3 Å². The molecule has 0 aromatic heterocycles. The minimum absolute atomic E-state index is 0.0652. The summed E-state index contributed by atoms with van der Waals surface area (Å²) in [6, 6.07) is 1.94. The van der Waals surface area contributed by atoms with Crippen molar-refractivity contribution in [1.29, 1.82) is 0 Å². The van der Waals surface area contributed by atoms with E-state index in [1.54, 1.807) is 0 Å². The summed E-state index contributed by atoms with van der Waals surface area (Å²) >= 11 is 5.83. The highest BCUT2D eigenvalue weighted by molar-refractivity contribution is 7.90. The first-order valence-corrected chi connectivity index (χ1v) is 10.0. The molecule has 13 nitrogen and oxygen atoms in total. The van der Waals surface area contributed by atoms with Crippen molar-refractivity contribution in [2.45, 2.75) is 15.9 Å². The van der Waals surface area contributed by atoms with E-state index in [1.807, 2.05) is 0 Å². The summed E-state index contributed by atoms with van der Waals surface area (Å²) in [5, 5.41) is 11.8. The largest absolute Gasteiger partial charge is 0.370 e. The number of nitrogens with one attached hydrogen (secondary N) is 1. The zero-order chi connectivity index (χ0) is 19.5. The van der Waals surface area contributed by atoms with Crippen LogP contribution in [-0.4, -0.2) is 47.1 Å². The summed E-state index contributed by atoms with van der Waals surface area (Å²) in [6.45, 7) is -1.23. The molecule has 1 aromatic rings. The molecule has 16 heteroatoms. The molecule has 0 saturated carbocycles. The van der Waals surface area contributed by atoms with Gasteiger partial charge in [-0.05, 0) is 12.1 Å². The Balaban J connectivity index is 2.40. The number of hydrogen-bond acceptors (Lipinski definition) is 11. The molecular weight excluding hydrogens is 418 g/mol. The van der Waals surface area contributed by atoms with Gasteiger partial charge in [-0.25, -0.2) is 22.0 Å². The fourth-order valence-electron chi connectivity index (χ4n) is 2.18. The zero-order valence-corrected chi connectivity index (χ0v) is 15.1. The lowest BCUT2D eigenvalue weighted by atomic mass is 10.3. The van der Waals surface area contributed by atoms with Crippen molar-refractivity contribution in [3.8, 4) is 0 Å². The van der Waals surface area contributed by atoms with E-state index in [9.17, 15) is 26.6 Å². The van der Waals surface area contributed by atoms with Crippen molar-refractivity contribution in [2.75, 3.05) is 25.1 Å². The van der Waals surface area contributed by atoms with Gasteiger partial charge in [0, 0.05) is 0 Å². The fraction of sp³-hybridized carbons (Fsp3) is 0.400. The molecule has 2 rings (SSSR count). The molecular formula is C10H12ClN5O8S2. The van der Waals surface area contributed by atoms with E-state index in [0.29, 0.717) is 0 Å². The number of nitrogens with two attached hydrogens (primary N) is 1. The Kier molecular flexibility index (Phi) is 5.97. The Bertz CT molecular complexity index is 922. The van der Waals surface area contributed by atoms with Crippen LogP contribution >= 0.6 is 11.6 Å². The Labute approximate surface area is 152 Å². The summed E-state index contributed by atoms with van der Waals surface area (Å²) in [4.78, 5) is 27.9. The molecule has 0 aliphatic carbocycles. The van der Waals surface area contributed by atoms with Crippen molar-refractivity contribution in [3.63, 3.8) is 0 Å². The Morgan fingerprint density at radius 1 is 1.35 bits per heavy atom. The molecule has 0 saturated heterocycles. The van der Waals surface area contributed by atoms with Gasteiger partial charge in [0.05, 0.1) is 23.9 Å². The molecule has 0 radical (unpaired) electrons. The number of sulfonamides is 2. The molecule has 0 bridgehead atoms. The van der Waals surface area contributed by atoms with Crippen LogP contribution in [0.2, 0.25) is 5.02 Å². The maximum atomic E-state index is 12.7. The van der Waals surface area contributed by atoms with E-state index in [0.717, 1.165) is 16.4 Å². The van der Waals surface area contributed by atoms with Crippen LogP contribution in [-0.2, 0) is 29.7 Å². The van der Waals surface area contributed by atoms with Gasteiger partial charge in [0.2, 0.25) is 20.0 Å². The molecule has 1 aliphatic heterocycles. The van der Waals surface area contributed by atoms with Crippen LogP contribution in [0.1, 0.15) is 0 Å². The predicted octanol–water partition coefficient (Wildman–Crippen LogP) is 0.126. The number of benzene rings is 1. The lowest BCUT2D eigenvalue weighted by Gasteiger charge is -2.31. The van der Waals surface area contributed by atoms with Gasteiger partial charge in [-0.3, -0.25) is 0 Å². The van der Waals surface area contributed by atoms with Gasteiger partial charge in [-0.1, -0.05) is 11.6 Å². The molecule has 0 amide bonds. The highest BCUT2D eigenvalue weighted by atomic mass is 35.5. The minimum atomic E-state index is -4.27. The van der Waals surface area contributed by atoms with Gasteiger partial charge >= 0.3 is 0 Å². The topological polar surface area (TPSA) is 187 Å². The third-order valence-electron chi connectivity index (χ3n) is 3.32. The van der Waals surface area contributed by atoms with E-state index >= 15 is 0 Å². The lowest BCUT2D eigenvalue weighted by Crippen LogP contribution is -2.45. The molecule has 144 valence electrons. The van der Waals surface area contributed by atoms with Crippen LogP contribution in [0.25, 0.3) is 0 Å². The SMILES string of the molecule is NS(=O)(=O)c1cc2c(cc1Cl)NCN(C[C@@H](CON=O)ON=O)S2(=O)=O. The van der Waals surface area contributed by atoms with Crippen LogP contribution in [0.5, 0.6) is 0 Å². The van der Waals surface area contributed by atoms with Crippen molar-refractivity contribution < 1.29 is 26.5 Å². The molecule has 0 spiro atoms. The Morgan fingerprint density at radius 2 is 2.04 bits per heavy atom. The monoisotopic (exact) mass is 429 g/mol. The molecule has 1 aromatic carbocycles. The summed E-state index contributed by atoms with van der Waals surface area (Å²) in [5.74, 6) is 0. The van der Waals surface area contributed by atoms with Crippen LogP contribution in [0.3, 0.4) is 0 Å². The van der Waals surface area contributed by atoms with E-state index in [-0.39, 0.29) is 17.4 Å². The average Bonchev–Trinajstić information content (AvgIpc) is 2.53. The lowest BCUT2D eigenvalue weighted by molar-refractivity contribution is -0.0234. The fourth-order valence-corrected chi connectivity index (χ4v) is 4.91. The number of fused-ring (bicyclic) bond motifs is 1. The molecule has 26 heavy (non-hydrogen) atoms.